The summed E-state index contributed by atoms with van der Waals surface area (Å²) in [6, 6.07) is 4.92. The van der Waals surface area contributed by atoms with Gasteiger partial charge in [-0.1, -0.05) is 35.4 Å². The molecule has 1 spiro atoms. The van der Waals surface area contributed by atoms with E-state index in [0.717, 1.165) is 12.8 Å². The van der Waals surface area contributed by atoms with Crippen LogP contribution in [0.5, 0.6) is 0 Å². The molecule has 0 radical (unpaired) electrons. The van der Waals surface area contributed by atoms with Gasteiger partial charge in [-0.15, -0.1) is 0 Å². The van der Waals surface area contributed by atoms with E-state index < -0.39 is 0 Å². The van der Waals surface area contributed by atoms with Crippen molar-refractivity contribution in [2.45, 2.75) is 12.8 Å². The van der Waals surface area contributed by atoms with Crippen LogP contribution in [0.2, 0.25) is 10.0 Å². The van der Waals surface area contributed by atoms with Crippen molar-refractivity contribution in [3.05, 3.63) is 40.4 Å². The molecule has 5 heteroatoms. The second kappa shape index (κ2) is 3.95. The second-order valence-electron chi connectivity index (χ2n) is 6.83. The number of nitrogens with zero attached hydrogens (tertiary/aromatic N) is 1. The highest BCUT2D eigenvalue weighted by Crippen LogP contribution is 2.73. The second-order valence-corrected chi connectivity index (χ2v) is 7.65. The molecule has 0 unspecified atom stereocenters. The lowest BCUT2D eigenvalue weighted by molar-refractivity contribution is -0.123. The number of hydrogen-bond donors (Lipinski definition) is 0. The fraction of sp³-hybridized carbons (Fsp3) is 0.412. The SMILES string of the molecule is O=C1[C@@H]2[C@H](C(=O)N1c1ccc(Cl)c(Cl)c1)[C@H]1C=C[C@@H]2C12CC2. The Morgan fingerprint density at radius 1 is 0.955 bits per heavy atom. The van der Waals surface area contributed by atoms with Crippen LogP contribution in [0.25, 0.3) is 0 Å². The molecule has 3 fully saturated rings. The van der Waals surface area contributed by atoms with Crippen molar-refractivity contribution in [3.8, 4) is 0 Å². The first-order valence-corrected chi connectivity index (χ1v) is 8.31. The smallest absolute Gasteiger partial charge is 0.238 e. The lowest BCUT2D eigenvalue weighted by atomic mass is 9.85. The van der Waals surface area contributed by atoms with Gasteiger partial charge in [-0.3, -0.25) is 9.59 Å². The number of rotatable bonds is 1. The van der Waals surface area contributed by atoms with Crippen LogP contribution in [0.3, 0.4) is 0 Å². The zero-order valence-corrected chi connectivity index (χ0v) is 13.1. The number of fused-ring (bicyclic) bond motifs is 3. The van der Waals surface area contributed by atoms with Gasteiger partial charge in [0.05, 0.1) is 27.6 Å². The Balaban J connectivity index is 1.57. The third-order valence-corrected chi connectivity index (χ3v) is 6.75. The van der Waals surface area contributed by atoms with Crippen LogP contribution >= 0.6 is 23.2 Å². The molecular weight excluding hydrogens is 321 g/mol. The van der Waals surface area contributed by atoms with Crippen molar-refractivity contribution in [1.82, 2.24) is 0 Å². The summed E-state index contributed by atoms with van der Waals surface area (Å²) in [6.07, 6.45) is 6.63. The Labute approximate surface area is 137 Å². The summed E-state index contributed by atoms with van der Waals surface area (Å²) in [4.78, 5) is 27.1. The van der Waals surface area contributed by atoms with Crippen molar-refractivity contribution in [3.63, 3.8) is 0 Å². The summed E-state index contributed by atoms with van der Waals surface area (Å²) in [5.74, 6) is -0.0228. The first-order chi connectivity index (χ1) is 10.5. The molecule has 3 nitrogen and oxygen atoms in total. The van der Waals surface area contributed by atoms with Crippen LogP contribution in [0.15, 0.2) is 30.4 Å². The van der Waals surface area contributed by atoms with Crippen LogP contribution in [-0.4, -0.2) is 11.8 Å². The molecule has 3 aliphatic carbocycles. The number of anilines is 1. The van der Waals surface area contributed by atoms with E-state index in [0.29, 0.717) is 15.7 Å². The van der Waals surface area contributed by atoms with Gasteiger partial charge >= 0.3 is 0 Å². The predicted octanol–water partition coefficient (Wildman–Crippen LogP) is 3.70. The zero-order chi connectivity index (χ0) is 15.2. The largest absolute Gasteiger partial charge is 0.274 e. The number of hydrogen-bond acceptors (Lipinski definition) is 2. The van der Waals surface area contributed by atoms with Crippen molar-refractivity contribution >= 4 is 40.7 Å². The molecule has 4 atom stereocenters. The maximum absolute atomic E-state index is 12.9. The minimum Gasteiger partial charge on any atom is -0.274 e. The van der Waals surface area contributed by atoms with E-state index in [1.165, 1.54) is 4.90 Å². The van der Waals surface area contributed by atoms with Crippen molar-refractivity contribution in [2.24, 2.45) is 29.1 Å². The molecule has 1 aromatic carbocycles. The molecular formula is C17H13Cl2NO2. The lowest BCUT2D eigenvalue weighted by Crippen LogP contribution is -2.34. The summed E-state index contributed by atoms with van der Waals surface area (Å²) in [6.45, 7) is 0. The Kier molecular flexibility index (Phi) is 2.36. The van der Waals surface area contributed by atoms with Crippen LogP contribution < -0.4 is 4.90 Å². The summed E-state index contributed by atoms with van der Waals surface area (Å²) in [5, 5.41) is 0.778. The Morgan fingerprint density at radius 2 is 1.55 bits per heavy atom. The molecule has 2 amide bonds. The minimum atomic E-state index is -0.181. The van der Waals surface area contributed by atoms with Crippen LogP contribution in [0.4, 0.5) is 5.69 Å². The summed E-state index contributed by atoms with van der Waals surface area (Å²) < 4.78 is 0. The topological polar surface area (TPSA) is 37.4 Å². The number of benzene rings is 1. The van der Waals surface area contributed by atoms with Gasteiger partial charge in [0.2, 0.25) is 11.8 Å². The van der Waals surface area contributed by atoms with Crippen LogP contribution in [-0.2, 0) is 9.59 Å². The number of halogens is 2. The van der Waals surface area contributed by atoms with E-state index in [1.54, 1.807) is 18.2 Å². The molecule has 1 saturated heterocycles. The zero-order valence-electron chi connectivity index (χ0n) is 11.6. The highest BCUT2D eigenvalue weighted by Gasteiger charge is 2.73. The van der Waals surface area contributed by atoms with Crippen molar-refractivity contribution in [1.29, 1.82) is 0 Å². The summed E-state index contributed by atoms with van der Waals surface area (Å²) in [7, 11) is 0. The quantitative estimate of drug-likeness (QED) is 0.580. The van der Waals surface area contributed by atoms with Gasteiger partial charge < -0.3 is 0 Å². The van der Waals surface area contributed by atoms with Gasteiger partial charge in [0.15, 0.2) is 0 Å². The highest BCUT2D eigenvalue weighted by atomic mass is 35.5. The molecule has 22 heavy (non-hydrogen) atoms. The molecule has 1 aromatic rings. The van der Waals surface area contributed by atoms with Gasteiger partial charge in [0.1, 0.15) is 0 Å². The molecule has 5 rings (SSSR count). The number of allylic oxidation sites excluding steroid dienone is 2. The molecule has 4 aliphatic rings. The third-order valence-electron chi connectivity index (χ3n) is 6.01. The standard InChI is InChI=1S/C17H13Cl2NO2/c18-11-4-1-8(7-12(11)19)20-15(21)13-9-2-3-10(14(13)16(20)22)17(9)5-6-17/h1-4,7,9-10,13-14H,5-6H2/t9-,10+,13-,14+. The fourth-order valence-corrected chi connectivity index (χ4v) is 5.25. The average molecular weight is 334 g/mol. The Morgan fingerprint density at radius 3 is 2.05 bits per heavy atom. The third kappa shape index (κ3) is 1.35. The number of imide groups is 1. The molecule has 1 heterocycles. The van der Waals surface area contributed by atoms with E-state index in [-0.39, 0.29) is 40.9 Å². The molecule has 1 aliphatic heterocycles. The normalized spacial score (nSPS) is 36.5. The van der Waals surface area contributed by atoms with E-state index in [2.05, 4.69) is 12.2 Å². The Bertz CT molecular complexity index is 734. The van der Waals surface area contributed by atoms with E-state index >= 15 is 0 Å². The first-order valence-electron chi connectivity index (χ1n) is 7.56. The predicted molar refractivity (Wildman–Crippen MR) is 83.7 cm³/mol. The minimum absolute atomic E-state index is 0.0727. The van der Waals surface area contributed by atoms with Gasteiger partial charge in [-0.25, -0.2) is 4.90 Å². The lowest BCUT2D eigenvalue weighted by Gasteiger charge is -2.22. The fourth-order valence-electron chi connectivity index (χ4n) is 4.96. The number of carbonyl (C=O) groups is 2. The van der Waals surface area contributed by atoms with Gasteiger partial charge in [0.25, 0.3) is 0 Å². The van der Waals surface area contributed by atoms with Crippen LogP contribution in [0, 0.1) is 29.1 Å². The van der Waals surface area contributed by atoms with Crippen LogP contribution in [0.1, 0.15) is 12.8 Å². The first kappa shape index (κ1) is 13.1. The van der Waals surface area contributed by atoms with E-state index in [9.17, 15) is 9.59 Å². The molecule has 112 valence electrons. The summed E-state index contributed by atoms with van der Waals surface area (Å²) >= 11 is 12.0. The van der Waals surface area contributed by atoms with Gasteiger partial charge in [-0.2, -0.15) is 0 Å². The molecule has 0 N–H and O–H groups in total. The number of carbonyl (C=O) groups excluding carboxylic acids is 2. The molecule has 2 bridgehead atoms. The maximum Gasteiger partial charge on any atom is 0.238 e. The molecule has 2 saturated carbocycles. The van der Waals surface area contributed by atoms with Gasteiger partial charge in [0, 0.05) is 0 Å². The summed E-state index contributed by atoms with van der Waals surface area (Å²) in [5.41, 5.74) is 0.757. The van der Waals surface area contributed by atoms with E-state index in [4.69, 9.17) is 23.2 Å². The Hall–Kier alpha value is -1.32. The maximum atomic E-state index is 12.9. The van der Waals surface area contributed by atoms with Gasteiger partial charge in [-0.05, 0) is 48.3 Å². The van der Waals surface area contributed by atoms with Crippen molar-refractivity contribution < 1.29 is 9.59 Å². The highest BCUT2D eigenvalue weighted by molar-refractivity contribution is 6.42. The molecule has 0 aromatic heterocycles. The average Bonchev–Trinajstić information content (AvgIpc) is 3.08. The van der Waals surface area contributed by atoms with Crippen molar-refractivity contribution in [2.75, 3.05) is 4.90 Å². The monoisotopic (exact) mass is 333 g/mol. The van der Waals surface area contributed by atoms with E-state index in [1.807, 2.05) is 0 Å². The number of amides is 2.